The van der Waals surface area contributed by atoms with Gasteiger partial charge in [-0.2, -0.15) is 0 Å². The van der Waals surface area contributed by atoms with E-state index in [4.69, 9.17) is 4.84 Å². The normalized spacial score (nSPS) is 29.2. The van der Waals surface area contributed by atoms with Crippen molar-refractivity contribution in [2.45, 2.75) is 26.3 Å². The van der Waals surface area contributed by atoms with E-state index in [1.54, 1.807) is 12.1 Å². The van der Waals surface area contributed by atoms with Crippen LogP contribution < -0.4 is 4.90 Å². The van der Waals surface area contributed by atoms with Gasteiger partial charge in [-0.05, 0) is 19.1 Å². The second-order valence-corrected chi connectivity index (χ2v) is 5.38. The summed E-state index contributed by atoms with van der Waals surface area (Å²) in [5, 5.41) is 4.08. The van der Waals surface area contributed by atoms with E-state index in [-0.39, 0.29) is 5.97 Å². The van der Waals surface area contributed by atoms with Gasteiger partial charge in [0.05, 0.1) is 30.9 Å². The van der Waals surface area contributed by atoms with Gasteiger partial charge in [-0.15, -0.1) is 0 Å². The highest BCUT2D eigenvalue weighted by atomic mass is 16.7. The summed E-state index contributed by atoms with van der Waals surface area (Å²) < 4.78 is 0. The standard InChI is InChI=1S/C15H20N2O2/c1-11-10-17(3)12(2)9-14(11)16-19-15(18)13-7-5-4-6-8-13/h4-8,11-12H,9-10H2,1-3H3/p+1/b16-14-/t11-,12-/m1/s1. The molecule has 1 aromatic carbocycles. The molecular weight excluding hydrogens is 240 g/mol. The van der Waals surface area contributed by atoms with Crippen LogP contribution in [0.2, 0.25) is 0 Å². The number of carbonyl (C=O) groups excluding carboxylic acids is 1. The molecule has 0 saturated carbocycles. The minimum Gasteiger partial charge on any atom is -0.334 e. The molecule has 1 unspecified atom stereocenters. The van der Waals surface area contributed by atoms with Gasteiger partial charge in [0, 0.05) is 12.3 Å². The molecule has 4 nitrogen and oxygen atoms in total. The van der Waals surface area contributed by atoms with Crippen LogP contribution in [0.15, 0.2) is 35.5 Å². The van der Waals surface area contributed by atoms with E-state index in [0.717, 1.165) is 18.7 Å². The number of carbonyl (C=O) groups is 1. The third-order valence-corrected chi connectivity index (χ3v) is 3.81. The Hall–Kier alpha value is -1.68. The molecule has 102 valence electrons. The van der Waals surface area contributed by atoms with E-state index in [0.29, 0.717) is 17.5 Å². The van der Waals surface area contributed by atoms with Gasteiger partial charge in [0.25, 0.3) is 0 Å². The number of hydrogen-bond donors (Lipinski definition) is 1. The number of likely N-dealkylation sites (tertiary alicyclic amines) is 1. The summed E-state index contributed by atoms with van der Waals surface area (Å²) >= 11 is 0. The zero-order chi connectivity index (χ0) is 13.8. The Morgan fingerprint density at radius 2 is 2.00 bits per heavy atom. The average molecular weight is 261 g/mol. The van der Waals surface area contributed by atoms with Gasteiger partial charge in [0.15, 0.2) is 0 Å². The predicted molar refractivity (Wildman–Crippen MR) is 74.3 cm³/mol. The summed E-state index contributed by atoms with van der Waals surface area (Å²) in [4.78, 5) is 18.4. The molecule has 0 amide bonds. The van der Waals surface area contributed by atoms with Crippen molar-refractivity contribution in [2.75, 3.05) is 13.6 Å². The second-order valence-electron chi connectivity index (χ2n) is 5.38. The van der Waals surface area contributed by atoms with E-state index in [9.17, 15) is 4.79 Å². The molecular formula is C15H21N2O2+. The molecule has 0 bridgehead atoms. The highest BCUT2D eigenvalue weighted by Gasteiger charge is 2.29. The fourth-order valence-corrected chi connectivity index (χ4v) is 2.35. The quantitative estimate of drug-likeness (QED) is 0.641. The molecule has 1 N–H and O–H groups in total. The van der Waals surface area contributed by atoms with Gasteiger partial charge in [-0.25, -0.2) is 4.79 Å². The summed E-state index contributed by atoms with van der Waals surface area (Å²) in [6.07, 6.45) is 0.884. The lowest BCUT2D eigenvalue weighted by Crippen LogP contribution is -3.14. The van der Waals surface area contributed by atoms with Crippen LogP contribution in [-0.4, -0.2) is 31.3 Å². The maximum absolute atomic E-state index is 11.8. The number of oxime groups is 1. The molecule has 1 aromatic rings. The fraction of sp³-hybridized carbons (Fsp3) is 0.467. The molecule has 1 fully saturated rings. The van der Waals surface area contributed by atoms with Crippen LogP contribution in [-0.2, 0) is 4.84 Å². The molecule has 19 heavy (non-hydrogen) atoms. The van der Waals surface area contributed by atoms with Crippen molar-refractivity contribution < 1.29 is 14.5 Å². The molecule has 0 spiro atoms. The zero-order valence-corrected chi connectivity index (χ0v) is 11.7. The Balaban J connectivity index is 2.00. The molecule has 0 aliphatic carbocycles. The Bertz CT molecular complexity index is 470. The van der Waals surface area contributed by atoms with Crippen molar-refractivity contribution in [3.8, 4) is 0 Å². The molecule has 0 radical (unpaired) electrons. The van der Waals surface area contributed by atoms with Crippen molar-refractivity contribution in [3.05, 3.63) is 35.9 Å². The zero-order valence-electron chi connectivity index (χ0n) is 11.7. The van der Waals surface area contributed by atoms with E-state index in [2.05, 4.69) is 26.1 Å². The summed E-state index contributed by atoms with van der Waals surface area (Å²) in [5.74, 6) is -0.0287. The Kier molecular flexibility index (Phi) is 4.32. The number of rotatable bonds is 2. The van der Waals surface area contributed by atoms with E-state index < -0.39 is 0 Å². The van der Waals surface area contributed by atoms with Crippen molar-refractivity contribution in [2.24, 2.45) is 11.1 Å². The van der Waals surface area contributed by atoms with Crippen LogP contribution >= 0.6 is 0 Å². The van der Waals surface area contributed by atoms with Crippen molar-refractivity contribution >= 4 is 11.7 Å². The number of piperidine rings is 1. The van der Waals surface area contributed by atoms with Crippen LogP contribution in [0.5, 0.6) is 0 Å². The molecule has 4 heteroatoms. The maximum atomic E-state index is 11.8. The Morgan fingerprint density at radius 3 is 2.68 bits per heavy atom. The fourth-order valence-electron chi connectivity index (χ4n) is 2.35. The van der Waals surface area contributed by atoms with Crippen LogP contribution in [0.25, 0.3) is 0 Å². The third-order valence-electron chi connectivity index (χ3n) is 3.81. The largest absolute Gasteiger partial charge is 0.365 e. The molecule has 1 heterocycles. The third kappa shape index (κ3) is 3.41. The number of hydrogen-bond acceptors (Lipinski definition) is 3. The highest BCUT2D eigenvalue weighted by molar-refractivity contribution is 5.91. The topological polar surface area (TPSA) is 43.1 Å². The molecule has 1 saturated heterocycles. The first kappa shape index (κ1) is 13.7. The summed E-state index contributed by atoms with van der Waals surface area (Å²) in [7, 11) is 2.19. The lowest BCUT2D eigenvalue weighted by molar-refractivity contribution is -0.908. The first-order valence-corrected chi connectivity index (χ1v) is 6.73. The van der Waals surface area contributed by atoms with E-state index in [1.807, 2.05) is 18.2 Å². The first-order valence-electron chi connectivity index (χ1n) is 6.73. The highest BCUT2D eigenvalue weighted by Crippen LogP contribution is 2.09. The molecule has 1 aliphatic rings. The number of nitrogens with zero attached hydrogens (tertiary/aromatic N) is 1. The predicted octanol–water partition coefficient (Wildman–Crippen LogP) is 1.14. The monoisotopic (exact) mass is 261 g/mol. The van der Waals surface area contributed by atoms with Crippen LogP contribution in [0, 0.1) is 5.92 Å². The average Bonchev–Trinajstić information content (AvgIpc) is 2.42. The Labute approximate surface area is 114 Å². The molecule has 1 aliphatic heterocycles. The van der Waals surface area contributed by atoms with Gasteiger partial charge in [-0.1, -0.05) is 30.3 Å². The van der Waals surface area contributed by atoms with Gasteiger partial charge in [-0.3, -0.25) is 0 Å². The van der Waals surface area contributed by atoms with Gasteiger partial charge in [0.1, 0.15) is 0 Å². The van der Waals surface area contributed by atoms with Gasteiger partial charge < -0.3 is 9.74 Å². The van der Waals surface area contributed by atoms with Crippen LogP contribution in [0.1, 0.15) is 30.6 Å². The van der Waals surface area contributed by atoms with Gasteiger partial charge >= 0.3 is 5.97 Å². The molecule has 0 aromatic heterocycles. The summed E-state index contributed by atoms with van der Waals surface area (Å²) in [6.45, 7) is 5.35. The number of benzene rings is 1. The molecule has 2 rings (SSSR count). The Morgan fingerprint density at radius 1 is 1.32 bits per heavy atom. The number of quaternary nitrogens is 1. The maximum Gasteiger partial charge on any atom is 0.365 e. The van der Waals surface area contributed by atoms with Crippen LogP contribution in [0.3, 0.4) is 0 Å². The minimum absolute atomic E-state index is 0.361. The van der Waals surface area contributed by atoms with Crippen molar-refractivity contribution in [1.82, 2.24) is 0 Å². The van der Waals surface area contributed by atoms with E-state index >= 15 is 0 Å². The lowest BCUT2D eigenvalue weighted by Gasteiger charge is -2.31. The minimum atomic E-state index is -0.390. The lowest BCUT2D eigenvalue weighted by atomic mass is 9.93. The van der Waals surface area contributed by atoms with E-state index in [1.165, 1.54) is 4.90 Å². The van der Waals surface area contributed by atoms with Crippen molar-refractivity contribution in [1.29, 1.82) is 0 Å². The van der Waals surface area contributed by atoms with Crippen LogP contribution in [0.4, 0.5) is 0 Å². The first-order chi connectivity index (χ1) is 9.08. The summed E-state index contributed by atoms with van der Waals surface area (Å²) in [6, 6.07) is 9.47. The second kappa shape index (κ2) is 5.97. The van der Waals surface area contributed by atoms with Crippen molar-refractivity contribution in [3.63, 3.8) is 0 Å². The van der Waals surface area contributed by atoms with Gasteiger partial charge in [0.2, 0.25) is 0 Å². The summed E-state index contributed by atoms with van der Waals surface area (Å²) in [5.41, 5.74) is 1.52. The molecule has 3 atom stereocenters. The smallest absolute Gasteiger partial charge is 0.334 e. The number of nitrogens with one attached hydrogen (secondary N) is 1. The SMILES string of the molecule is C[C@@H]1C[NH+](C)[C@H](C)C/C1=N/OC(=O)c1ccccc1.